The minimum atomic E-state index is -0.572. The van der Waals surface area contributed by atoms with Gasteiger partial charge in [-0.05, 0) is 32.9 Å². The summed E-state index contributed by atoms with van der Waals surface area (Å²) in [6.07, 6.45) is 2.76. The molecule has 1 aromatic carbocycles. The Balaban J connectivity index is 1.70. The first-order valence-electron chi connectivity index (χ1n) is 9.80. The summed E-state index contributed by atoms with van der Waals surface area (Å²) in [6.45, 7) is 5.04. The zero-order valence-corrected chi connectivity index (χ0v) is 17.4. The van der Waals surface area contributed by atoms with Gasteiger partial charge in [0.05, 0.1) is 36.2 Å². The van der Waals surface area contributed by atoms with Gasteiger partial charge in [0.1, 0.15) is 11.7 Å². The summed E-state index contributed by atoms with van der Waals surface area (Å²) in [5.41, 5.74) is 2.31. The molecule has 0 aliphatic carbocycles. The summed E-state index contributed by atoms with van der Waals surface area (Å²) in [5.74, 6) is -0.957. The monoisotopic (exact) mass is 419 g/mol. The smallest absolute Gasteiger partial charge is 0.340 e. The number of benzene rings is 1. The molecule has 0 fully saturated rings. The molecule has 0 bridgehead atoms. The lowest BCUT2D eigenvalue weighted by Crippen LogP contribution is -2.25. The number of aromatic nitrogens is 5. The van der Waals surface area contributed by atoms with Crippen LogP contribution in [0.3, 0.4) is 0 Å². The lowest BCUT2D eigenvalue weighted by Gasteiger charge is -2.08. The van der Waals surface area contributed by atoms with Gasteiger partial charge in [0, 0.05) is 11.4 Å². The van der Waals surface area contributed by atoms with Crippen molar-refractivity contribution in [2.75, 3.05) is 6.61 Å². The van der Waals surface area contributed by atoms with E-state index in [1.807, 2.05) is 30.3 Å². The number of fused-ring (bicyclic) bond motifs is 1. The molecule has 0 aliphatic heterocycles. The standard InChI is InChI=1S/C22H21N5O4/c1-4-31-22(30)19-14(3)25-13(2)18(19)17(28)11-26-12-23-20-16(21(26)29)10-24-27(20)15-8-6-5-7-9-15/h5-10,12,25H,4,11H2,1-3H3. The summed E-state index contributed by atoms with van der Waals surface area (Å²) in [5, 5.41) is 4.57. The van der Waals surface area contributed by atoms with Crippen molar-refractivity contribution in [2.45, 2.75) is 27.3 Å². The highest BCUT2D eigenvalue weighted by Gasteiger charge is 2.26. The van der Waals surface area contributed by atoms with Gasteiger partial charge in [-0.2, -0.15) is 5.10 Å². The number of ether oxygens (including phenoxy) is 1. The van der Waals surface area contributed by atoms with Crippen LogP contribution >= 0.6 is 0 Å². The maximum Gasteiger partial charge on any atom is 0.340 e. The molecule has 0 atom stereocenters. The Kier molecular flexibility index (Phi) is 5.24. The van der Waals surface area contributed by atoms with Crippen LogP contribution < -0.4 is 5.56 Å². The first-order valence-corrected chi connectivity index (χ1v) is 9.80. The molecule has 4 aromatic rings. The number of carbonyl (C=O) groups is 2. The van der Waals surface area contributed by atoms with E-state index in [4.69, 9.17) is 4.74 Å². The van der Waals surface area contributed by atoms with Gasteiger partial charge < -0.3 is 9.72 Å². The summed E-state index contributed by atoms with van der Waals surface area (Å²) in [7, 11) is 0. The third-order valence-electron chi connectivity index (χ3n) is 5.00. The van der Waals surface area contributed by atoms with Crippen LogP contribution in [-0.2, 0) is 11.3 Å². The van der Waals surface area contributed by atoms with E-state index < -0.39 is 5.97 Å². The van der Waals surface area contributed by atoms with Crippen LogP contribution in [0.1, 0.15) is 39.0 Å². The molecule has 0 saturated heterocycles. The maximum absolute atomic E-state index is 13.1. The summed E-state index contributed by atoms with van der Waals surface area (Å²) in [4.78, 5) is 45.7. The quantitative estimate of drug-likeness (QED) is 0.380. The third kappa shape index (κ3) is 3.54. The molecule has 0 unspecified atom stereocenters. The van der Waals surface area contributed by atoms with Crippen LogP contribution in [-0.4, -0.2) is 42.7 Å². The SMILES string of the molecule is CCOC(=O)c1c(C)[nH]c(C)c1C(=O)Cn1cnc2c(cnn2-c2ccccc2)c1=O. The number of nitrogens with one attached hydrogen (secondary N) is 1. The molecule has 0 aliphatic rings. The minimum Gasteiger partial charge on any atom is -0.462 e. The maximum atomic E-state index is 13.1. The van der Waals surface area contributed by atoms with Crippen LogP contribution in [0.15, 0.2) is 47.7 Å². The molecule has 3 aromatic heterocycles. The first-order chi connectivity index (χ1) is 14.9. The van der Waals surface area contributed by atoms with E-state index >= 15 is 0 Å². The van der Waals surface area contributed by atoms with Crippen molar-refractivity contribution >= 4 is 22.8 Å². The molecule has 0 radical (unpaired) electrons. The van der Waals surface area contributed by atoms with Crippen LogP contribution in [0, 0.1) is 13.8 Å². The van der Waals surface area contributed by atoms with E-state index in [0.29, 0.717) is 22.4 Å². The number of nitrogens with zero attached hydrogens (tertiary/aromatic N) is 4. The molecule has 158 valence electrons. The lowest BCUT2D eigenvalue weighted by atomic mass is 10.0. The van der Waals surface area contributed by atoms with E-state index in [-0.39, 0.29) is 35.6 Å². The van der Waals surface area contributed by atoms with Crippen molar-refractivity contribution < 1.29 is 14.3 Å². The van der Waals surface area contributed by atoms with Gasteiger partial charge in [0.15, 0.2) is 11.4 Å². The van der Waals surface area contributed by atoms with E-state index in [2.05, 4.69) is 15.1 Å². The normalized spacial score (nSPS) is 11.1. The van der Waals surface area contributed by atoms with Crippen LogP contribution in [0.2, 0.25) is 0 Å². The number of esters is 1. The third-order valence-corrected chi connectivity index (χ3v) is 5.00. The fourth-order valence-electron chi connectivity index (χ4n) is 3.64. The van der Waals surface area contributed by atoms with Crippen LogP contribution in [0.5, 0.6) is 0 Å². The second-order valence-electron chi connectivity index (χ2n) is 7.08. The Morgan fingerprint density at radius 1 is 1.10 bits per heavy atom. The number of hydrogen-bond donors (Lipinski definition) is 1. The Hall–Kier alpha value is -4.01. The van der Waals surface area contributed by atoms with Gasteiger partial charge in [-0.3, -0.25) is 14.2 Å². The molecule has 9 nitrogen and oxygen atoms in total. The van der Waals surface area contributed by atoms with Crippen molar-refractivity contribution in [2.24, 2.45) is 0 Å². The minimum absolute atomic E-state index is 0.196. The number of Topliss-reactive ketones (excluding diaryl/α,β-unsaturated/α-hetero) is 1. The predicted octanol–water partition coefficient (Wildman–Crippen LogP) is 2.59. The zero-order chi connectivity index (χ0) is 22.1. The molecule has 4 rings (SSSR count). The fraction of sp³-hybridized carbons (Fsp3) is 0.227. The number of para-hydroxylation sites is 1. The number of rotatable bonds is 6. The predicted molar refractivity (Wildman–Crippen MR) is 114 cm³/mol. The van der Waals surface area contributed by atoms with Crippen LogP contribution in [0.25, 0.3) is 16.7 Å². The molecule has 31 heavy (non-hydrogen) atoms. The number of aromatic amines is 1. The van der Waals surface area contributed by atoms with Crippen molar-refractivity contribution in [3.8, 4) is 5.69 Å². The number of carbonyl (C=O) groups excluding carboxylic acids is 2. The van der Waals surface area contributed by atoms with E-state index in [9.17, 15) is 14.4 Å². The number of hydrogen-bond acceptors (Lipinski definition) is 6. The van der Waals surface area contributed by atoms with Crippen molar-refractivity contribution in [1.29, 1.82) is 0 Å². The highest BCUT2D eigenvalue weighted by Crippen LogP contribution is 2.21. The highest BCUT2D eigenvalue weighted by atomic mass is 16.5. The Morgan fingerprint density at radius 2 is 1.81 bits per heavy atom. The molecule has 0 spiro atoms. The van der Waals surface area contributed by atoms with Gasteiger partial charge in [-0.25, -0.2) is 14.5 Å². The largest absolute Gasteiger partial charge is 0.462 e. The first kappa shape index (κ1) is 20.3. The van der Waals surface area contributed by atoms with Crippen molar-refractivity contribution in [3.63, 3.8) is 0 Å². The Labute approximate surface area is 177 Å². The molecule has 9 heteroatoms. The van der Waals surface area contributed by atoms with E-state index in [1.165, 1.54) is 17.1 Å². The van der Waals surface area contributed by atoms with Gasteiger partial charge in [-0.1, -0.05) is 18.2 Å². The van der Waals surface area contributed by atoms with E-state index in [1.54, 1.807) is 25.5 Å². The number of H-pyrrole nitrogens is 1. The van der Waals surface area contributed by atoms with Gasteiger partial charge in [0.2, 0.25) is 0 Å². The van der Waals surface area contributed by atoms with E-state index in [0.717, 1.165) is 5.69 Å². The Bertz CT molecular complexity index is 1350. The summed E-state index contributed by atoms with van der Waals surface area (Å²) < 4.78 is 7.88. The molecule has 3 heterocycles. The summed E-state index contributed by atoms with van der Waals surface area (Å²) >= 11 is 0. The average molecular weight is 419 g/mol. The van der Waals surface area contributed by atoms with Crippen molar-refractivity contribution in [3.05, 3.63) is 75.7 Å². The molecule has 0 amide bonds. The van der Waals surface area contributed by atoms with Crippen LogP contribution in [0.4, 0.5) is 0 Å². The van der Waals surface area contributed by atoms with Gasteiger partial charge >= 0.3 is 5.97 Å². The number of aryl methyl sites for hydroxylation is 2. The molecule has 0 saturated carbocycles. The topological polar surface area (TPSA) is 112 Å². The van der Waals surface area contributed by atoms with Crippen molar-refractivity contribution in [1.82, 2.24) is 24.3 Å². The number of ketones is 1. The molecule has 1 N–H and O–H groups in total. The summed E-state index contributed by atoms with van der Waals surface area (Å²) in [6, 6.07) is 9.33. The Morgan fingerprint density at radius 3 is 2.52 bits per heavy atom. The molecular weight excluding hydrogens is 398 g/mol. The zero-order valence-electron chi connectivity index (χ0n) is 17.4. The van der Waals surface area contributed by atoms with Gasteiger partial charge in [0.25, 0.3) is 5.56 Å². The lowest BCUT2D eigenvalue weighted by molar-refractivity contribution is 0.0522. The second-order valence-corrected chi connectivity index (χ2v) is 7.08. The average Bonchev–Trinajstić information content (AvgIpc) is 3.31. The second kappa shape index (κ2) is 8.02. The molecular formula is C22H21N5O4. The van der Waals surface area contributed by atoms with Gasteiger partial charge in [-0.15, -0.1) is 0 Å². The highest BCUT2D eigenvalue weighted by molar-refractivity contribution is 6.08. The fourth-order valence-corrected chi connectivity index (χ4v) is 3.64.